The standard InChI is InChI=1S/C20H19ClFN3O3/c1-12(2)10-25-19(27)14-5-3-4-6-17(14)24(20(25)28)11-18(26)23-16-9-13(22)7-8-15(16)21/h3-9,12H,10-11H2,1-2H3,(H,23,26). The van der Waals surface area contributed by atoms with E-state index in [2.05, 4.69) is 5.32 Å². The molecular weight excluding hydrogens is 385 g/mol. The van der Waals surface area contributed by atoms with E-state index in [1.165, 1.54) is 16.7 Å². The van der Waals surface area contributed by atoms with E-state index in [4.69, 9.17) is 11.6 Å². The van der Waals surface area contributed by atoms with Gasteiger partial charge in [0.2, 0.25) is 5.91 Å². The van der Waals surface area contributed by atoms with Crippen molar-refractivity contribution in [3.05, 3.63) is 74.1 Å². The summed E-state index contributed by atoms with van der Waals surface area (Å²) in [5, 5.41) is 3.03. The predicted octanol–water partition coefficient (Wildman–Crippen LogP) is 3.25. The van der Waals surface area contributed by atoms with Crippen LogP contribution in [0.3, 0.4) is 0 Å². The van der Waals surface area contributed by atoms with Crippen LogP contribution in [0.2, 0.25) is 5.02 Å². The number of amides is 1. The Hall–Kier alpha value is -2.93. The smallest absolute Gasteiger partial charge is 0.323 e. The van der Waals surface area contributed by atoms with Gasteiger partial charge in [0, 0.05) is 6.54 Å². The number of halogens is 2. The molecule has 0 radical (unpaired) electrons. The Bertz CT molecular complexity index is 1170. The molecule has 1 amide bonds. The van der Waals surface area contributed by atoms with E-state index in [1.807, 2.05) is 13.8 Å². The number of rotatable bonds is 5. The largest absolute Gasteiger partial charge is 0.331 e. The summed E-state index contributed by atoms with van der Waals surface area (Å²) >= 11 is 5.98. The van der Waals surface area contributed by atoms with Crippen LogP contribution in [0.4, 0.5) is 10.1 Å². The lowest BCUT2D eigenvalue weighted by molar-refractivity contribution is -0.116. The first-order valence-corrected chi connectivity index (χ1v) is 9.13. The Kier molecular flexibility index (Phi) is 5.65. The number of hydrogen-bond acceptors (Lipinski definition) is 3. The molecule has 0 aliphatic carbocycles. The van der Waals surface area contributed by atoms with Gasteiger partial charge in [0.05, 0.1) is 21.6 Å². The minimum Gasteiger partial charge on any atom is -0.323 e. The molecule has 3 aromatic rings. The van der Waals surface area contributed by atoms with Gasteiger partial charge >= 0.3 is 5.69 Å². The van der Waals surface area contributed by atoms with Crippen molar-refractivity contribution in [3.63, 3.8) is 0 Å². The van der Waals surface area contributed by atoms with Crippen LogP contribution in [-0.2, 0) is 17.9 Å². The van der Waals surface area contributed by atoms with Crippen molar-refractivity contribution in [2.24, 2.45) is 5.92 Å². The van der Waals surface area contributed by atoms with Gasteiger partial charge in [-0.1, -0.05) is 37.6 Å². The number of anilines is 1. The van der Waals surface area contributed by atoms with Crippen molar-refractivity contribution in [3.8, 4) is 0 Å². The fraction of sp³-hybridized carbons (Fsp3) is 0.250. The highest BCUT2D eigenvalue weighted by atomic mass is 35.5. The van der Waals surface area contributed by atoms with E-state index < -0.39 is 17.4 Å². The maximum atomic E-state index is 13.4. The molecule has 6 nitrogen and oxygen atoms in total. The third-order valence-corrected chi connectivity index (χ3v) is 4.51. The second-order valence-electron chi connectivity index (χ2n) is 6.87. The van der Waals surface area contributed by atoms with Crippen molar-refractivity contribution >= 4 is 34.1 Å². The zero-order valence-corrected chi connectivity index (χ0v) is 16.2. The van der Waals surface area contributed by atoms with Gasteiger partial charge in [-0.05, 0) is 36.2 Å². The van der Waals surface area contributed by atoms with Crippen molar-refractivity contribution in [2.45, 2.75) is 26.9 Å². The molecule has 0 aliphatic heterocycles. The summed E-state index contributed by atoms with van der Waals surface area (Å²) in [6.45, 7) is 3.68. The topological polar surface area (TPSA) is 73.1 Å². The van der Waals surface area contributed by atoms with Crippen molar-refractivity contribution in [1.29, 1.82) is 0 Å². The zero-order valence-electron chi connectivity index (χ0n) is 15.4. The summed E-state index contributed by atoms with van der Waals surface area (Å²) in [4.78, 5) is 38.1. The average molecular weight is 404 g/mol. The third-order valence-electron chi connectivity index (χ3n) is 4.18. The van der Waals surface area contributed by atoms with E-state index in [-0.39, 0.29) is 35.3 Å². The number of hydrogen-bond donors (Lipinski definition) is 1. The summed E-state index contributed by atoms with van der Waals surface area (Å²) < 4.78 is 15.8. The van der Waals surface area contributed by atoms with Crippen LogP contribution in [0.15, 0.2) is 52.1 Å². The quantitative estimate of drug-likeness (QED) is 0.710. The van der Waals surface area contributed by atoms with Gasteiger partial charge in [0.15, 0.2) is 0 Å². The fourth-order valence-corrected chi connectivity index (χ4v) is 3.14. The second kappa shape index (κ2) is 7.98. The number of nitrogens with zero attached hydrogens (tertiary/aromatic N) is 2. The third kappa shape index (κ3) is 3.99. The van der Waals surface area contributed by atoms with Crippen molar-refractivity contribution in [1.82, 2.24) is 9.13 Å². The monoisotopic (exact) mass is 403 g/mol. The molecule has 0 saturated carbocycles. The lowest BCUT2D eigenvalue weighted by Gasteiger charge is -2.15. The van der Waals surface area contributed by atoms with Gasteiger partial charge in [-0.2, -0.15) is 0 Å². The highest BCUT2D eigenvalue weighted by Gasteiger charge is 2.16. The SMILES string of the molecule is CC(C)Cn1c(=O)c2ccccc2n(CC(=O)Nc2cc(F)ccc2Cl)c1=O. The molecule has 1 N–H and O–H groups in total. The molecule has 0 saturated heterocycles. The Morgan fingerprint density at radius 2 is 1.86 bits per heavy atom. The molecule has 2 aromatic carbocycles. The van der Waals surface area contributed by atoms with Gasteiger partial charge in [0.25, 0.3) is 5.56 Å². The predicted molar refractivity (Wildman–Crippen MR) is 107 cm³/mol. The second-order valence-corrected chi connectivity index (χ2v) is 7.28. The molecule has 8 heteroatoms. The zero-order chi connectivity index (χ0) is 20.4. The molecular formula is C20H19ClFN3O3. The molecule has 0 spiro atoms. The van der Waals surface area contributed by atoms with E-state index in [0.717, 1.165) is 10.6 Å². The number of benzene rings is 2. The molecule has 146 valence electrons. The molecule has 28 heavy (non-hydrogen) atoms. The average Bonchev–Trinajstić information content (AvgIpc) is 2.65. The van der Waals surface area contributed by atoms with Gasteiger partial charge in [-0.3, -0.25) is 18.7 Å². The van der Waals surface area contributed by atoms with Gasteiger partial charge in [0.1, 0.15) is 12.4 Å². The number of carbonyl (C=O) groups excluding carboxylic acids is 1. The van der Waals surface area contributed by atoms with Crippen LogP contribution in [0.5, 0.6) is 0 Å². The number of carbonyl (C=O) groups is 1. The lowest BCUT2D eigenvalue weighted by atomic mass is 10.2. The molecule has 0 aliphatic rings. The molecule has 0 unspecified atom stereocenters. The van der Waals surface area contributed by atoms with Gasteiger partial charge in [-0.15, -0.1) is 0 Å². The molecule has 0 atom stereocenters. The summed E-state index contributed by atoms with van der Waals surface area (Å²) in [7, 11) is 0. The van der Waals surface area contributed by atoms with Crippen LogP contribution in [0.1, 0.15) is 13.8 Å². The summed E-state index contributed by atoms with van der Waals surface area (Å²) in [6, 6.07) is 10.2. The summed E-state index contributed by atoms with van der Waals surface area (Å²) in [5.41, 5.74) is -0.491. The van der Waals surface area contributed by atoms with E-state index >= 15 is 0 Å². The Balaban J connectivity index is 2.04. The first kappa shape index (κ1) is 19.8. The van der Waals surface area contributed by atoms with Gasteiger partial charge in [-0.25, -0.2) is 9.18 Å². The first-order valence-electron chi connectivity index (χ1n) is 8.75. The van der Waals surface area contributed by atoms with Crippen LogP contribution >= 0.6 is 11.6 Å². The first-order chi connectivity index (χ1) is 13.3. The van der Waals surface area contributed by atoms with Crippen molar-refractivity contribution < 1.29 is 9.18 Å². The highest BCUT2D eigenvalue weighted by Crippen LogP contribution is 2.22. The number of para-hydroxylation sites is 1. The Morgan fingerprint density at radius 3 is 2.57 bits per heavy atom. The lowest BCUT2D eigenvalue weighted by Crippen LogP contribution is -2.42. The van der Waals surface area contributed by atoms with Crippen LogP contribution in [-0.4, -0.2) is 15.0 Å². The van der Waals surface area contributed by atoms with Crippen molar-refractivity contribution in [2.75, 3.05) is 5.32 Å². The van der Waals surface area contributed by atoms with E-state index in [1.54, 1.807) is 24.3 Å². The van der Waals surface area contributed by atoms with Crippen LogP contribution < -0.4 is 16.6 Å². The van der Waals surface area contributed by atoms with Crippen LogP contribution in [0.25, 0.3) is 10.9 Å². The molecule has 3 rings (SSSR count). The minimum absolute atomic E-state index is 0.0694. The number of fused-ring (bicyclic) bond motifs is 1. The van der Waals surface area contributed by atoms with E-state index in [0.29, 0.717) is 10.9 Å². The van der Waals surface area contributed by atoms with Gasteiger partial charge < -0.3 is 5.32 Å². The van der Waals surface area contributed by atoms with E-state index in [9.17, 15) is 18.8 Å². The van der Waals surface area contributed by atoms with Crippen LogP contribution in [0, 0.1) is 11.7 Å². The molecule has 1 aromatic heterocycles. The number of aromatic nitrogens is 2. The Morgan fingerprint density at radius 1 is 1.14 bits per heavy atom. The normalized spacial score (nSPS) is 11.2. The minimum atomic E-state index is -0.571. The maximum absolute atomic E-state index is 13.4. The highest BCUT2D eigenvalue weighted by molar-refractivity contribution is 6.33. The molecule has 0 fully saturated rings. The maximum Gasteiger partial charge on any atom is 0.331 e. The number of nitrogens with one attached hydrogen (secondary N) is 1. The molecule has 0 bridgehead atoms. The fourth-order valence-electron chi connectivity index (χ4n) is 2.98. The Labute approximate surface area is 165 Å². The summed E-state index contributed by atoms with van der Waals surface area (Å²) in [5.74, 6) is -1.04. The molecule has 1 heterocycles. The summed E-state index contributed by atoms with van der Waals surface area (Å²) in [6.07, 6.45) is 0.